The van der Waals surface area contributed by atoms with E-state index in [0.29, 0.717) is 21.6 Å². The maximum atomic E-state index is 11.3. The van der Waals surface area contributed by atoms with Gasteiger partial charge in [-0.3, -0.25) is 9.81 Å². The van der Waals surface area contributed by atoms with Gasteiger partial charge in [-0.25, -0.2) is 9.78 Å². The Balaban J connectivity index is 2.30. The number of hydrogen-bond donors (Lipinski definition) is 2. The standard InChI is InChI=1S/C14H11ClN4O2/c1-17-14(20)21-8-6-9(15)12-10(7-8)18-11-4-2-3-5-19(11)13(12)16/h2-7,16H,1H3,(H,17,20). The van der Waals surface area contributed by atoms with Crippen LogP contribution in [0.1, 0.15) is 0 Å². The number of hydrogen-bond acceptors (Lipinski definition) is 4. The fourth-order valence-corrected chi connectivity index (χ4v) is 2.36. The number of fused-ring (bicyclic) bond motifs is 2. The fraction of sp³-hybridized carbons (Fsp3) is 0.0714. The van der Waals surface area contributed by atoms with Crippen molar-refractivity contribution in [2.75, 3.05) is 7.05 Å². The van der Waals surface area contributed by atoms with Crippen LogP contribution >= 0.6 is 11.6 Å². The average Bonchev–Trinajstić information content (AvgIpc) is 2.46. The van der Waals surface area contributed by atoms with Crippen molar-refractivity contribution in [3.05, 3.63) is 47.0 Å². The van der Waals surface area contributed by atoms with Crippen LogP contribution in [-0.4, -0.2) is 22.5 Å². The minimum atomic E-state index is -0.591. The highest BCUT2D eigenvalue weighted by Gasteiger charge is 2.11. The molecule has 21 heavy (non-hydrogen) atoms. The number of nitrogens with zero attached hydrogens (tertiary/aromatic N) is 2. The minimum Gasteiger partial charge on any atom is -0.410 e. The van der Waals surface area contributed by atoms with E-state index in [4.69, 9.17) is 21.7 Å². The Labute approximate surface area is 124 Å². The molecule has 0 aliphatic carbocycles. The predicted octanol–water partition coefficient (Wildman–Crippen LogP) is 2.34. The third-order valence-electron chi connectivity index (χ3n) is 3.01. The zero-order chi connectivity index (χ0) is 15.0. The molecule has 2 aromatic heterocycles. The molecular weight excluding hydrogens is 292 g/mol. The molecular formula is C14H11ClN4O2. The molecule has 3 rings (SSSR count). The van der Waals surface area contributed by atoms with E-state index in [-0.39, 0.29) is 11.2 Å². The van der Waals surface area contributed by atoms with Gasteiger partial charge >= 0.3 is 6.09 Å². The third-order valence-corrected chi connectivity index (χ3v) is 3.31. The Morgan fingerprint density at radius 1 is 1.43 bits per heavy atom. The SMILES string of the molecule is CNC(=O)Oc1cc(Cl)c2c(=N)n3ccccc3nc2c1. The summed E-state index contributed by atoms with van der Waals surface area (Å²) in [6.45, 7) is 0. The van der Waals surface area contributed by atoms with Crippen molar-refractivity contribution in [3.8, 4) is 5.75 Å². The largest absolute Gasteiger partial charge is 0.412 e. The smallest absolute Gasteiger partial charge is 0.410 e. The third kappa shape index (κ3) is 2.30. The molecule has 2 heterocycles. The molecule has 0 radical (unpaired) electrons. The highest BCUT2D eigenvalue weighted by molar-refractivity contribution is 6.35. The monoisotopic (exact) mass is 302 g/mol. The quantitative estimate of drug-likeness (QED) is 0.677. The van der Waals surface area contributed by atoms with Gasteiger partial charge in [0.2, 0.25) is 0 Å². The Morgan fingerprint density at radius 2 is 2.24 bits per heavy atom. The van der Waals surface area contributed by atoms with E-state index in [1.807, 2.05) is 12.1 Å². The molecule has 0 aliphatic rings. The normalized spacial score (nSPS) is 10.8. The lowest BCUT2D eigenvalue weighted by atomic mass is 10.2. The Kier molecular flexibility index (Phi) is 3.23. The number of ether oxygens (including phenoxy) is 1. The zero-order valence-corrected chi connectivity index (χ0v) is 11.8. The zero-order valence-electron chi connectivity index (χ0n) is 11.1. The first-order chi connectivity index (χ1) is 10.1. The van der Waals surface area contributed by atoms with E-state index < -0.39 is 6.09 Å². The van der Waals surface area contributed by atoms with Crippen LogP contribution in [0.25, 0.3) is 16.6 Å². The molecule has 0 saturated carbocycles. The summed E-state index contributed by atoms with van der Waals surface area (Å²) in [6.07, 6.45) is 1.15. The first-order valence-electron chi connectivity index (χ1n) is 6.15. The first kappa shape index (κ1) is 13.4. The average molecular weight is 303 g/mol. The summed E-state index contributed by atoms with van der Waals surface area (Å²) in [4.78, 5) is 15.7. The number of carbonyl (C=O) groups is 1. The number of benzene rings is 1. The van der Waals surface area contributed by atoms with Crippen molar-refractivity contribution >= 4 is 34.2 Å². The summed E-state index contributed by atoms with van der Waals surface area (Å²) in [5, 5.41) is 11.4. The van der Waals surface area contributed by atoms with Gasteiger partial charge in [0, 0.05) is 25.4 Å². The molecule has 1 aromatic carbocycles. The number of nitrogens with one attached hydrogen (secondary N) is 2. The highest BCUT2D eigenvalue weighted by atomic mass is 35.5. The topological polar surface area (TPSA) is 79.5 Å². The molecule has 1 amide bonds. The van der Waals surface area contributed by atoms with E-state index in [0.717, 1.165) is 0 Å². The van der Waals surface area contributed by atoms with Crippen LogP contribution in [0.3, 0.4) is 0 Å². The van der Waals surface area contributed by atoms with Gasteiger partial charge in [-0.15, -0.1) is 0 Å². The van der Waals surface area contributed by atoms with Gasteiger partial charge in [-0.1, -0.05) is 17.7 Å². The molecule has 0 atom stereocenters. The van der Waals surface area contributed by atoms with Crippen molar-refractivity contribution in [2.45, 2.75) is 0 Å². The van der Waals surface area contributed by atoms with E-state index in [2.05, 4.69) is 10.3 Å². The number of pyridine rings is 1. The maximum Gasteiger partial charge on any atom is 0.412 e. The lowest BCUT2D eigenvalue weighted by Crippen LogP contribution is -2.22. The van der Waals surface area contributed by atoms with Gasteiger partial charge < -0.3 is 10.1 Å². The van der Waals surface area contributed by atoms with E-state index in [1.165, 1.54) is 13.1 Å². The number of carbonyl (C=O) groups excluding carboxylic acids is 1. The maximum absolute atomic E-state index is 11.3. The van der Waals surface area contributed by atoms with E-state index in [9.17, 15) is 4.79 Å². The first-order valence-corrected chi connectivity index (χ1v) is 6.53. The van der Waals surface area contributed by atoms with Crippen LogP contribution in [0.5, 0.6) is 5.75 Å². The lowest BCUT2D eigenvalue weighted by molar-refractivity contribution is 0.203. The molecule has 2 N–H and O–H groups in total. The number of amides is 1. The van der Waals surface area contributed by atoms with Crippen LogP contribution in [0, 0.1) is 5.41 Å². The van der Waals surface area contributed by atoms with Crippen LogP contribution in [0.4, 0.5) is 4.79 Å². The Morgan fingerprint density at radius 3 is 3.00 bits per heavy atom. The van der Waals surface area contributed by atoms with Crippen LogP contribution in [0.2, 0.25) is 5.02 Å². The van der Waals surface area contributed by atoms with Gasteiger partial charge in [-0.2, -0.15) is 0 Å². The van der Waals surface area contributed by atoms with Gasteiger partial charge in [-0.05, 0) is 12.1 Å². The summed E-state index contributed by atoms with van der Waals surface area (Å²) < 4.78 is 6.69. The van der Waals surface area contributed by atoms with E-state index >= 15 is 0 Å². The second kappa shape index (κ2) is 5.06. The molecule has 7 heteroatoms. The van der Waals surface area contributed by atoms with Crippen molar-refractivity contribution < 1.29 is 9.53 Å². The van der Waals surface area contributed by atoms with Crippen LogP contribution in [0.15, 0.2) is 36.5 Å². The Hall–Kier alpha value is -2.60. The Bertz CT molecular complexity index is 920. The molecule has 0 spiro atoms. The molecule has 0 saturated heterocycles. The van der Waals surface area contributed by atoms with Crippen LogP contribution < -0.4 is 15.5 Å². The van der Waals surface area contributed by atoms with Crippen LogP contribution in [-0.2, 0) is 0 Å². The van der Waals surface area contributed by atoms with Gasteiger partial charge in [0.05, 0.1) is 15.9 Å². The van der Waals surface area contributed by atoms with Crippen molar-refractivity contribution in [1.82, 2.24) is 14.7 Å². The lowest BCUT2D eigenvalue weighted by Gasteiger charge is -2.08. The molecule has 106 valence electrons. The number of rotatable bonds is 1. The molecule has 6 nitrogen and oxygen atoms in total. The summed E-state index contributed by atoms with van der Waals surface area (Å²) >= 11 is 6.21. The van der Waals surface area contributed by atoms with Crippen molar-refractivity contribution in [2.24, 2.45) is 0 Å². The van der Waals surface area contributed by atoms with Gasteiger partial charge in [0.1, 0.15) is 16.9 Å². The molecule has 3 aromatic rings. The summed E-state index contributed by atoms with van der Waals surface area (Å²) in [6, 6.07) is 8.52. The second-order valence-corrected chi connectivity index (χ2v) is 4.74. The summed E-state index contributed by atoms with van der Waals surface area (Å²) in [5.41, 5.74) is 1.34. The van der Waals surface area contributed by atoms with Gasteiger partial charge in [0.15, 0.2) is 0 Å². The predicted molar refractivity (Wildman–Crippen MR) is 78.6 cm³/mol. The van der Waals surface area contributed by atoms with E-state index in [1.54, 1.807) is 22.7 Å². The number of halogens is 1. The molecule has 0 bridgehead atoms. The molecule has 0 aliphatic heterocycles. The highest BCUT2D eigenvalue weighted by Crippen LogP contribution is 2.26. The molecule has 0 unspecified atom stereocenters. The summed E-state index contributed by atoms with van der Waals surface area (Å²) in [7, 11) is 1.47. The fourth-order valence-electron chi connectivity index (χ4n) is 2.07. The minimum absolute atomic E-state index is 0.229. The second-order valence-electron chi connectivity index (χ2n) is 4.33. The molecule has 0 fully saturated rings. The summed E-state index contributed by atoms with van der Waals surface area (Å²) in [5.74, 6) is 0.277. The van der Waals surface area contributed by atoms with Crippen molar-refractivity contribution in [3.63, 3.8) is 0 Å². The van der Waals surface area contributed by atoms with Crippen molar-refractivity contribution in [1.29, 1.82) is 5.41 Å². The van der Waals surface area contributed by atoms with Gasteiger partial charge in [0.25, 0.3) is 0 Å². The number of aromatic nitrogens is 2.